The number of piperazine rings is 1. The number of carbonyl (C=O) groups excluding carboxylic acids is 2. The van der Waals surface area contributed by atoms with Crippen molar-refractivity contribution in [3.05, 3.63) is 66.8 Å². The maximum Gasteiger partial charge on any atom is 0.292 e. The number of unbranched alkanes of at least 4 members (excludes halogenated alkanes) is 2. The summed E-state index contributed by atoms with van der Waals surface area (Å²) in [6, 6.07) is 5.61. The number of fused-ring (bicyclic) bond motifs is 2. The van der Waals surface area contributed by atoms with Crippen LogP contribution in [0.1, 0.15) is 46.4 Å². The fraction of sp³-hybridized carbons (Fsp3) is 0.290. The van der Waals surface area contributed by atoms with Crippen molar-refractivity contribution in [3.8, 4) is 11.3 Å². The van der Waals surface area contributed by atoms with Crippen molar-refractivity contribution in [2.24, 2.45) is 0 Å². The summed E-state index contributed by atoms with van der Waals surface area (Å²) in [7, 11) is 0. The first-order chi connectivity index (χ1) is 22.9. The molecule has 7 rings (SSSR count). The standard InChI is InChI=1S/C31H31N13O3/c32-27-25-26(19-5-6-24-22(12-19)40-30(33)47-24)41-44(28(25)39-18-38-27)7-3-1-2-4-23(45)20-15-36-31(37-16-20)43-10-8-42(9-11-43)29(46)21-13-34-17-35-14-21/h5-6,12-18H,1-4,7-11H2,(H2,33,40)(H2,32,38,39). The number of hydrogen-bond acceptors (Lipinski definition) is 14. The van der Waals surface area contributed by atoms with Crippen LogP contribution in [-0.2, 0) is 6.54 Å². The lowest BCUT2D eigenvalue weighted by molar-refractivity contribution is 0.0745. The number of amides is 1. The van der Waals surface area contributed by atoms with Crippen LogP contribution in [0.15, 0.2) is 60.1 Å². The number of hydrogen-bond donors (Lipinski definition) is 2. The fourth-order valence-electron chi connectivity index (χ4n) is 5.68. The average molecular weight is 634 g/mol. The Morgan fingerprint density at radius 1 is 0.851 bits per heavy atom. The van der Waals surface area contributed by atoms with E-state index in [-0.39, 0.29) is 17.7 Å². The fourth-order valence-corrected chi connectivity index (χ4v) is 5.68. The summed E-state index contributed by atoms with van der Waals surface area (Å²) in [5.41, 5.74) is 16.2. The molecule has 1 aromatic carbocycles. The van der Waals surface area contributed by atoms with E-state index in [1.807, 2.05) is 21.7 Å². The lowest BCUT2D eigenvalue weighted by Gasteiger charge is -2.34. The normalized spacial score (nSPS) is 13.4. The first-order valence-electron chi connectivity index (χ1n) is 15.2. The van der Waals surface area contributed by atoms with Crippen LogP contribution in [-0.4, -0.2) is 87.4 Å². The number of nitrogen functional groups attached to an aromatic ring is 2. The molecule has 1 aliphatic heterocycles. The summed E-state index contributed by atoms with van der Waals surface area (Å²) < 4.78 is 7.22. The van der Waals surface area contributed by atoms with Crippen LogP contribution < -0.4 is 16.4 Å². The molecule has 1 fully saturated rings. The average Bonchev–Trinajstić information content (AvgIpc) is 3.68. The largest absolute Gasteiger partial charge is 0.424 e. The van der Waals surface area contributed by atoms with E-state index in [1.165, 1.54) is 25.0 Å². The number of carbonyl (C=O) groups is 2. The zero-order valence-electron chi connectivity index (χ0n) is 25.4. The number of rotatable bonds is 10. The number of ketones is 1. The zero-order valence-corrected chi connectivity index (χ0v) is 25.4. The second-order valence-electron chi connectivity index (χ2n) is 11.2. The second-order valence-corrected chi connectivity index (χ2v) is 11.2. The molecule has 0 bridgehead atoms. The Hall–Kier alpha value is -6.06. The van der Waals surface area contributed by atoms with Gasteiger partial charge in [0.05, 0.1) is 16.5 Å². The molecule has 0 saturated carbocycles. The Morgan fingerprint density at radius 2 is 1.64 bits per heavy atom. The van der Waals surface area contributed by atoms with Gasteiger partial charge in [-0.15, -0.1) is 0 Å². The quantitative estimate of drug-likeness (QED) is 0.164. The molecule has 0 unspecified atom stereocenters. The van der Waals surface area contributed by atoms with Crippen molar-refractivity contribution in [3.63, 3.8) is 0 Å². The molecule has 0 radical (unpaired) electrons. The lowest BCUT2D eigenvalue weighted by Crippen LogP contribution is -2.49. The van der Waals surface area contributed by atoms with Gasteiger partial charge in [0.25, 0.3) is 11.9 Å². The molecule has 1 aliphatic rings. The highest BCUT2D eigenvalue weighted by Crippen LogP contribution is 2.32. The van der Waals surface area contributed by atoms with Gasteiger partial charge < -0.3 is 25.7 Å². The van der Waals surface area contributed by atoms with Crippen LogP contribution in [0.3, 0.4) is 0 Å². The van der Waals surface area contributed by atoms with Crippen molar-refractivity contribution in [1.82, 2.24) is 49.6 Å². The minimum Gasteiger partial charge on any atom is -0.424 e. The van der Waals surface area contributed by atoms with E-state index in [4.69, 9.17) is 21.0 Å². The summed E-state index contributed by atoms with van der Waals surface area (Å²) in [5, 5.41) is 5.49. The number of Topliss-reactive ketones (excluding diaryl/α,β-unsaturated/α-hetero) is 1. The molecule has 0 spiro atoms. The molecule has 4 N–H and O–H groups in total. The topological polar surface area (TPSA) is 214 Å². The SMILES string of the molecule is Nc1nc2cc(-c3nn(CCCCCC(=O)c4cnc(N5CCN(C(=O)c6cncnc6)CC5)nc4)c4ncnc(N)c34)ccc2o1. The molecule has 1 saturated heterocycles. The zero-order chi connectivity index (χ0) is 32.3. The summed E-state index contributed by atoms with van der Waals surface area (Å²) in [6.07, 6.45) is 11.7. The van der Waals surface area contributed by atoms with Gasteiger partial charge in [0.1, 0.15) is 29.7 Å². The van der Waals surface area contributed by atoms with Crippen molar-refractivity contribution in [2.75, 3.05) is 42.5 Å². The molecule has 16 nitrogen and oxygen atoms in total. The predicted octanol–water partition coefficient (Wildman–Crippen LogP) is 2.78. The van der Waals surface area contributed by atoms with Gasteiger partial charge in [-0.3, -0.25) is 9.59 Å². The van der Waals surface area contributed by atoms with Gasteiger partial charge in [-0.05, 0) is 31.0 Å². The third kappa shape index (κ3) is 6.12. The number of aryl methyl sites for hydroxylation is 1. The predicted molar refractivity (Wildman–Crippen MR) is 172 cm³/mol. The Bertz CT molecular complexity index is 2050. The number of benzene rings is 1. The molecule has 5 aromatic heterocycles. The number of nitrogens with two attached hydrogens (primary N) is 2. The maximum absolute atomic E-state index is 12.9. The van der Waals surface area contributed by atoms with E-state index in [0.717, 1.165) is 18.4 Å². The second kappa shape index (κ2) is 12.7. The van der Waals surface area contributed by atoms with E-state index in [1.54, 1.807) is 23.4 Å². The summed E-state index contributed by atoms with van der Waals surface area (Å²) >= 11 is 0. The van der Waals surface area contributed by atoms with E-state index in [0.29, 0.717) is 96.3 Å². The third-order valence-corrected chi connectivity index (χ3v) is 8.13. The number of oxazole rings is 1. The maximum atomic E-state index is 12.9. The summed E-state index contributed by atoms with van der Waals surface area (Å²) in [5.74, 6) is 0.775. The molecule has 6 heterocycles. The third-order valence-electron chi connectivity index (χ3n) is 8.13. The Morgan fingerprint density at radius 3 is 2.43 bits per heavy atom. The van der Waals surface area contributed by atoms with E-state index in [9.17, 15) is 9.59 Å². The van der Waals surface area contributed by atoms with Gasteiger partial charge in [-0.1, -0.05) is 6.42 Å². The van der Waals surface area contributed by atoms with E-state index >= 15 is 0 Å². The molecular weight excluding hydrogens is 602 g/mol. The van der Waals surface area contributed by atoms with Gasteiger partial charge in [-0.25, -0.2) is 34.6 Å². The van der Waals surface area contributed by atoms with Crippen LogP contribution in [0.2, 0.25) is 0 Å². The molecule has 47 heavy (non-hydrogen) atoms. The Kier molecular flexibility index (Phi) is 8.04. The highest BCUT2D eigenvalue weighted by atomic mass is 16.4. The Labute approximate surface area is 267 Å². The minimum atomic E-state index is -0.0962. The van der Waals surface area contributed by atoms with Crippen molar-refractivity contribution < 1.29 is 14.0 Å². The number of nitrogens with zero attached hydrogens (tertiary/aromatic N) is 11. The number of aromatic nitrogens is 9. The Balaban J connectivity index is 0.912. The van der Waals surface area contributed by atoms with E-state index in [2.05, 4.69) is 34.9 Å². The lowest BCUT2D eigenvalue weighted by atomic mass is 10.1. The molecule has 238 valence electrons. The highest BCUT2D eigenvalue weighted by Gasteiger charge is 2.24. The minimum absolute atomic E-state index is 0.00623. The van der Waals surface area contributed by atoms with Gasteiger partial charge in [0.15, 0.2) is 17.0 Å². The van der Waals surface area contributed by atoms with Gasteiger partial charge in [0.2, 0.25) is 5.95 Å². The van der Waals surface area contributed by atoms with Crippen LogP contribution in [0.4, 0.5) is 17.8 Å². The van der Waals surface area contributed by atoms with Crippen molar-refractivity contribution in [2.45, 2.75) is 32.2 Å². The van der Waals surface area contributed by atoms with Gasteiger partial charge in [-0.2, -0.15) is 10.1 Å². The van der Waals surface area contributed by atoms with Gasteiger partial charge in [0, 0.05) is 69.5 Å². The first kappa shape index (κ1) is 29.6. The number of anilines is 3. The molecule has 0 atom stereocenters. The van der Waals surface area contributed by atoms with Crippen LogP contribution >= 0.6 is 0 Å². The van der Waals surface area contributed by atoms with Crippen LogP contribution in [0.5, 0.6) is 0 Å². The first-order valence-corrected chi connectivity index (χ1v) is 15.2. The smallest absolute Gasteiger partial charge is 0.292 e. The van der Waals surface area contributed by atoms with Crippen LogP contribution in [0, 0.1) is 0 Å². The molecular formula is C31H31N13O3. The van der Waals surface area contributed by atoms with Gasteiger partial charge >= 0.3 is 0 Å². The van der Waals surface area contributed by atoms with E-state index < -0.39 is 0 Å². The van der Waals surface area contributed by atoms with Crippen molar-refractivity contribution >= 4 is 51.6 Å². The summed E-state index contributed by atoms with van der Waals surface area (Å²) in [4.78, 5) is 58.9. The monoisotopic (exact) mass is 633 g/mol. The summed E-state index contributed by atoms with van der Waals surface area (Å²) in [6.45, 7) is 2.83. The van der Waals surface area contributed by atoms with Crippen LogP contribution in [0.25, 0.3) is 33.4 Å². The molecule has 1 amide bonds. The molecule has 0 aliphatic carbocycles. The molecule has 16 heteroatoms. The van der Waals surface area contributed by atoms with Crippen molar-refractivity contribution in [1.29, 1.82) is 0 Å². The molecule has 6 aromatic rings. The highest BCUT2D eigenvalue weighted by molar-refractivity contribution is 5.99.